The summed E-state index contributed by atoms with van der Waals surface area (Å²) < 4.78 is 0. The third kappa shape index (κ3) is 4.34. The van der Waals surface area contributed by atoms with Crippen LogP contribution in [0.25, 0.3) is 0 Å². The predicted octanol–water partition coefficient (Wildman–Crippen LogP) is 7.01. The van der Waals surface area contributed by atoms with Crippen LogP contribution in [-0.4, -0.2) is 16.2 Å². The average Bonchev–Trinajstić information content (AvgIpc) is 2.55. The highest BCUT2D eigenvalue weighted by Gasteiger charge is 2.46. The fourth-order valence-electron chi connectivity index (χ4n) is 4.55. The van der Waals surface area contributed by atoms with Crippen LogP contribution in [0.2, 0.25) is 0 Å². The molecule has 0 radical (unpaired) electrons. The van der Waals surface area contributed by atoms with Crippen LogP contribution in [0.15, 0.2) is 57.9 Å². The van der Waals surface area contributed by atoms with Crippen LogP contribution in [-0.2, 0) is 4.79 Å². The van der Waals surface area contributed by atoms with E-state index in [4.69, 9.17) is 0 Å². The SMILES string of the molecule is CC=C(C(=O)O)C(=CC)C1C(=CC)C(C(C)(C)C)=C(O)C(C(C)(C)C)C1=CC. The highest BCUT2D eigenvalue weighted by molar-refractivity contribution is 5.92. The van der Waals surface area contributed by atoms with Gasteiger partial charge >= 0.3 is 5.97 Å². The van der Waals surface area contributed by atoms with Gasteiger partial charge in [-0.05, 0) is 55.2 Å². The van der Waals surface area contributed by atoms with Crippen molar-refractivity contribution in [2.24, 2.45) is 22.7 Å². The second-order valence-corrected chi connectivity index (χ2v) is 9.53. The first-order valence-corrected chi connectivity index (χ1v) is 10.1. The second kappa shape index (κ2) is 8.55. The Morgan fingerprint density at radius 2 is 1.46 bits per heavy atom. The Kier molecular flexibility index (Phi) is 7.33. The van der Waals surface area contributed by atoms with Gasteiger partial charge in [0, 0.05) is 11.8 Å². The van der Waals surface area contributed by atoms with Gasteiger partial charge in [0.05, 0.1) is 5.57 Å². The van der Waals surface area contributed by atoms with Crippen LogP contribution in [0.4, 0.5) is 0 Å². The van der Waals surface area contributed by atoms with Gasteiger partial charge < -0.3 is 10.2 Å². The third-order valence-corrected chi connectivity index (χ3v) is 5.51. The molecule has 3 heteroatoms. The summed E-state index contributed by atoms with van der Waals surface area (Å²) in [5.41, 5.74) is 3.58. The van der Waals surface area contributed by atoms with Crippen molar-refractivity contribution >= 4 is 5.97 Å². The summed E-state index contributed by atoms with van der Waals surface area (Å²) in [5, 5.41) is 21.2. The number of aliphatic hydroxyl groups is 1. The zero-order valence-electron chi connectivity index (χ0n) is 19.3. The number of carboxylic acids is 1. The molecule has 0 bridgehead atoms. The molecule has 3 nitrogen and oxygen atoms in total. The smallest absolute Gasteiger partial charge is 0.335 e. The molecule has 0 amide bonds. The predicted molar refractivity (Wildman–Crippen MR) is 118 cm³/mol. The molecule has 0 saturated heterocycles. The van der Waals surface area contributed by atoms with Gasteiger partial charge in [0.1, 0.15) is 5.76 Å². The zero-order valence-corrected chi connectivity index (χ0v) is 19.3. The lowest BCUT2D eigenvalue weighted by atomic mass is 9.59. The van der Waals surface area contributed by atoms with Crippen molar-refractivity contribution in [3.8, 4) is 0 Å². The number of carboxylic acid groups (broad SMARTS) is 1. The number of rotatable bonds is 3. The lowest BCUT2D eigenvalue weighted by Crippen LogP contribution is -2.37. The summed E-state index contributed by atoms with van der Waals surface area (Å²) in [4.78, 5) is 12.0. The molecular weight excluding hydrogens is 348 g/mol. The first-order chi connectivity index (χ1) is 12.8. The standard InChI is InChI=1S/C25H38O3/c1-11-15(16(12-2)23(27)28)19-17(13-3)20(24(5,6)7)22(26)21(18(19)14-4)25(8,9)10/h11-14,19-20,26H,1-10H3,(H,27,28). The largest absolute Gasteiger partial charge is 0.511 e. The van der Waals surface area contributed by atoms with Gasteiger partial charge in [0.15, 0.2) is 0 Å². The molecular formula is C25H38O3. The van der Waals surface area contributed by atoms with E-state index in [0.29, 0.717) is 11.3 Å². The number of hydrogen-bond donors (Lipinski definition) is 2. The van der Waals surface area contributed by atoms with Crippen molar-refractivity contribution in [1.82, 2.24) is 0 Å². The summed E-state index contributed by atoms with van der Waals surface area (Å²) >= 11 is 0. The Morgan fingerprint density at radius 3 is 1.75 bits per heavy atom. The second-order valence-electron chi connectivity index (χ2n) is 9.53. The van der Waals surface area contributed by atoms with Gasteiger partial charge in [-0.25, -0.2) is 4.79 Å². The normalized spacial score (nSPS) is 25.6. The average molecular weight is 387 g/mol. The van der Waals surface area contributed by atoms with E-state index in [1.807, 2.05) is 32.9 Å². The van der Waals surface area contributed by atoms with Crippen molar-refractivity contribution in [1.29, 1.82) is 0 Å². The van der Waals surface area contributed by atoms with Crippen LogP contribution < -0.4 is 0 Å². The molecule has 0 aromatic heterocycles. The van der Waals surface area contributed by atoms with Crippen molar-refractivity contribution in [2.45, 2.75) is 69.2 Å². The molecule has 1 aliphatic carbocycles. The third-order valence-electron chi connectivity index (χ3n) is 5.51. The number of aliphatic carboxylic acids is 1. The fraction of sp³-hybridized carbons (Fsp3) is 0.560. The number of carbonyl (C=O) groups is 1. The minimum absolute atomic E-state index is 0.178. The van der Waals surface area contributed by atoms with Gasteiger partial charge in [-0.15, -0.1) is 0 Å². The van der Waals surface area contributed by atoms with Crippen LogP contribution in [0.1, 0.15) is 69.2 Å². The van der Waals surface area contributed by atoms with E-state index in [1.54, 1.807) is 13.0 Å². The van der Waals surface area contributed by atoms with E-state index in [2.05, 4.69) is 47.6 Å². The molecule has 1 rings (SSSR count). The van der Waals surface area contributed by atoms with Crippen LogP contribution >= 0.6 is 0 Å². The fourth-order valence-corrected chi connectivity index (χ4v) is 4.55. The van der Waals surface area contributed by atoms with E-state index >= 15 is 0 Å². The molecule has 2 unspecified atom stereocenters. The van der Waals surface area contributed by atoms with Gasteiger partial charge in [-0.3, -0.25) is 0 Å². The highest BCUT2D eigenvalue weighted by Crippen LogP contribution is 2.55. The van der Waals surface area contributed by atoms with Crippen LogP contribution in [0, 0.1) is 22.7 Å². The van der Waals surface area contributed by atoms with Gasteiger partial charge in [-0.2, -0.15) is 0 Å². The summed E-state index contributed by atoms with van der Waals surface area (Å²) in [6.45, 7) is 20.3. The Bertz CT molecular complexity index is 772. The molecule has 1 aliphatic rings. The minimum atomic E-state index is -0.926. The van der Waals surface area contributed by atoms with Crippen molar-refractivity contribution < 1.29 is 15.0 Å². The summed E-state index contributed by atoms with van der Waals surface area (Å²) in [6.07, 6.45) is 7.66. The Labute approximate surface area is 171 Å². The number of aliphatic hydroxyl groups excluding tert-OH is 1. The molecule has 2 N–H and O–H groups in total. The van der Waals surface area contributed by atoms with Gasteiger partial charge in [0.25, 0.3) is 0 Å². The Balaban J connectivity index is 4.04. The highest BCUT2D eigenvalue weighted by atomic mass is 16.4. The molecule has 0 heterocycles. The van der Waals surface area contributed by atoms with E-state index in [1.165, 1.54) is 0 Å². The van der Waals surface area contributed by atoms with Crippen molar-refractivity contribution in [3.63, 3.8) is 0 Å². The van der Waals surface area contributed by atoms with Gasteiger partial charge in [0.2, 0.25) is 0 Å². The molecule has 0 aromatic rings. The molecule has 28 heavy (non-hydrogen) atoms. The quantitative estimate of drug-likeness (QED) is 0.312. The van der Waals surface area contributed by atoms with Gasteiger partial charge in [-0.1, -0.05) is 71.4 Å². The maximum Gasteiger partial charge on any atom is 0.335 e. The summed E-state index contributed by atoms with van der Waals surface area (Å²) in [5.74, 6) is -0.894. The topological polar surface area (TPSA) is 57.5 Å². The Morgan fingerprint density at radius 1 is 0.929 bits per heavy atom. The molecule has 2 atom stereocenters. The monoisotopic (exact) mass is 386 g/mol. The lowest BCUT2D eigenvalue weighted by Gasteiger charge is -2.46. The van der Waals surface area contributed by atoms with E-state index in [0.717, 1.165) is 22.3 Å². The minimum Gasteiger partial charge on any atom is -0.511 e. The molecule has 0 spiro atoms. The van der Waals surface area contributed by atoms with Crippen LogP contribution in [0.5, 0.6) is 0 Å². The van der Waals surface area contributed by atoms with Crippen LogP contribution in [0.3, 0.4) is 0 Å². The maximum atomic E-state index is 12.0. The molecule has 0 aromatic carbocycles. The molecule has 156 valence electrons. The molecule has 0 aliphatic heterocycles. The summed E-state index contributed by atoms with van der Waals surface area (Å²) in [6, 6.07) is 0. The number of allylic oxidation sites excluding steroid dienone is 7. The Hall–Kier alpha value is -2.03. The first-order valence-electron chi connectivity index (χ1n) is 10.1. The van der Waals surface area contributed by atoms with Crippen molar-refractivity contribution in [2.75, 3.05) is 0 Å². The molecule has 0 saturated carbocycles. The first kappa shape index (κ1) is 24.0. The summed E-state index contributed by atoms with van der Waals surface area (Å²) in [7, 11) is 0. The lowest BCUT2D eigenvalue weighted by molar-refractivity contribution is -0.132. The zero-order chi connectivity index (χ0) is 22.0. The molecule has 0 fully saturated rings. The van der Waals surface area contributed by atoms with Crippen molar-refractivity contribution in [3.05, 3.63) is 57.9 Å². The number of hydrogen-bond acceptors (Lipinski definition) is 2. The maximum absolute atomic E-state index is 12.0. The van der Waals surface area contributed by atoms with E-state index in [9.17, 15) is 15.0 Å². The van der Waals surface area contributed by atoms with E-state index in [-0.39, 0.29) is 22.7 Å². The van der Waals surface area contributed by atoms with E-state index < -0.39 is 5.97 Å².